The van der Waals surface area contributed by atoms with Crippen molar-refractivity contribution in [2.45, 2.75) is 27.2 Å². The van der Waals surface area contributed by atoms with Gasteiger partial charge in [-0.05, 0) is 80.3 Å². The zero-order valence-corrected chi connectivity index (χ0v) is 23.3. The van der Waals surface area contributed by atoms with Gasteiger partial charge in [0.2, 0.25) is 0 Å². The molecule has 1 aliphatic rings. The number of hydrogen-bond acceptors (Lipinski definition) is 5. The van der Waals surface area contributed by atoms with E-state index in [1.54, 1.807) is 17.7 Å². The van der Waals surface area contributed by atoms with Crippen LogP contribution in [-0.2, 0) is 16.0 Å². The molecule has 0 aliphatic carbocycles. The number of aryl methyl sites for hydroxylation is 1. The number of amides is 2. The summed E-state index contributed by atoms with van der Waals surface area (Å²) in [5, 5.41) is 14.8. The third-order valence-corrected chi connectivity index (χ3v) is 7.12. The van der Waals surface area contributed by atoms with Crippen LogP contribution in [0.1, 0.15) is 30.5 Å². The molecule has 7 heteroatoms. The monoisotopic (exact) mass is 542 g/mol. The number of carbonyl (C=O) groups excluding carboxylic acids is 2. The predicted molar refractivity (Wildman–Crippen MR) is 158 cm³/mol. The van der Waals surface area contributed by atoms with Gasteiger partial charge in [-0.15, -0.1) is 0 Å². The van der Waals surface area contributed by atoms with Gasteiger partial charge in [0.05, 0.1) is 12.3 Å². The van der Waals surface area contributed by atoms with Crippen molar-refractivity contribution in [3.8, 4) is 28.8 Å². The number of hydrogen-bond donors (Lipinski definition) is 0. The number of para-hydroxylation sites is 1. The van der Waals surface area contributed by atoms with E-state index in [0.29, 0.717) is 35.4 Å². The average Bonchev–Trinajstić information content (AvgIpc) is 3.40. The van der Waals surface area contributed by atoms with Crippen LogP contribution in [0.4, 0.5) is 0 Å². The summed E-state index contributed by atoms with van der Waals surface area (Å²) in [5.74, 6) is -0.224. The van der Waals surface area contributed by atoms with Crippen LogP contribution in [0.3, 0.4) is 0 Å². The minimum absolute atomic E-state index is 0.0295. The topological polar surface area (TPSA) is 88.2 Å². The molecule has 1 aliphatic heterocycles. The number of aromatic nitrogens is 2. The molecule has 7 nitrogen and oxygen atoms in total. The third kappa shape index (κ3) is 5.59. The van der Waals surface area contributed by atoms with E-state index in [4.69, 9.17) is 9.84 Å². The lowest BCUT2D eigenvalue weighted by molar-refractivity contribution is -0.140. The van der Waals surface area contributed by atoms with Crippen LogP contribution in [0.2, 0.25) is 0 Å². The second kappa shape index (κ2) is 11.9. The Kier molecular flexibility index (Phi) is 7.93. The summed E-state index contributed by atoms with van der Waals surface area (Å²) in [6.45, 7) is 6.32. The van der Waals surface area contributed by atoms with Crippen molar-refractivity contribution in [1.29, 1.82) is 5.26 Å². The Hall–Kier alpha value is -5.22. The minimum atomic E-state index is -0.564. The highest BCUT2D eigenvalue weighted by Gasteiger charge is 2.35. The van der Waals surface area contributed by atoms with Crippen LogP contribution >= 0.6 is 0 Å². The first-order valence-corrected chi connectivity index (χ1v) is 13.5. The summed E-state index contributed by atoms with van der Waals surface area (Å²) < 4.78 is 7.45. The Morgan fingerprint density at radius 3 is 2.32 bits per heavy atom. The quantitative estimate of drug-likeness (QED) is 0.199. The van der Waals surface area contributed by atoms with Gasteiger partial charge in [-0.25, -0.2) is 4.68 Å². The molecular weight excluding hydrogens is 512 g/mol. The summed E-state index contributed by atoms with van der Waals surface area (Å²) in [5.41, 5.74) is 5.71. The lowest BCUT2D eigenvalue weighted by Crippen LogP contribution is -2.43. The lowest BCUT2D eigenvalue weighted by atomic mass is 9.92. The third-order valence-electron chi connectivity index (χ3n) is 7.12. The molecule has 0 atom stereocenters. The number of ether oxygens (including phenoxy) is 1. The van der Waals surface area contributed by atoms with Gasteiger partial charge in [0, 0.05) is 29.4 Å². The Bertz CT molecular complexity index is 1710. The normalized spacial score (nSPS) is 14.5. The van der Waals surface area contributed by atoms with E-state index in [0.717, 1.165) is 28.1 Å². The molecule has 0 saturated carbocycles. The van der Waals surface area contributed by atoms with Gasteiger partial charge in [-0.3, -0.25) is 14.5 Å². The molecule has 0 spiro atoms. The highest BCUT2D eigenvalue weighted by Crippen LogP contribution is 2.33. The van der Waals surface area contributed by atoms with Crippen molar-refractivity contribution in [3.05, 3.63) is 118 Å². The summed E-state index contributed by atoms with van der Waals surface area (Å²) in [6, 6.07) is 27.2. The van der Waals surface area contributed by atoms with Gasteiger partial charge >= 0.3 is 0 Å². The van der Waals surface area contributed by atoms with Gasteiger partial charge in [-0.1, -0.05) is 48.5 Å². The minimum Gasteiger partial charge on any atom is -0.494 e. The fraction of sp³-hybridized carbons (Fsp3) is 0.176. The molecule has 41 heavy (non-hydrogen) atoms. The fourth-order valence-corrected chi connectivity index (χ4v) is 4.95. The number of carbonyl (C=O) groups is 2. The van der Waals surface area contributed by atoms with E-state index in [1.165, 1.54) is 4.90 Å². The molecule has 204 valence electrons. The molecule has 2 amide bonds. The number of imide groups is 1. The van der Waals surface area contributed by atoms with Gasteiger partial charge < -0.3 is 4.74 Å². The highest BCUT2D eigenvalue weighted by atomic mass is 16.5. The van der Waals surface area contributed by atoms with E-state index >= 15 is 0 Å². The molecule has 1 aromatic heterocycles. The largest absolute Gasteiger partial charge is 0.494 e. The van der Waals surface area contributed by atoms with Crippen molar-refractivity contribution >= 4 is 17.9 Å². The Morgan fingerprint density at radius 2 is 1.66 bits per heavy atom. The van der Waals surface area contributed by atoms with Crippen LogP contribution in [0.5, 0.6) is 5.75 Å². The van der Waals surface area contributed by atoms with E-state index in [2.05, 4.69) is 0 Å². The van der Waals surface area contributed by atoms with E-state index < -0.39 is 11.8 Å². The Morgan fingerprint density at radius 1 is 0.951 bits per heavy atom. The first kappa shape index (κ1) is 27.4. The standard InChI is InChI=1S/C34H30N4O3/c1-4-41-28-15-16-29(23(2)19-28)32-26(22-38(36-32)27-13-9-6-10-14-27)20-30-24(3)31(21-35)34(40)37(33(30)39)18-17-25-11-7-5-8-12-25/h5-16,19-20,22H,4,17-18H2,1-3H3/b30-20+. The number of nitriles is 1. The Labute approximate surface area is 239 Å². The van der Waals surface area contributed by atoms with Gasteiger partial charge in [0.15, 0.2) is 0 Å². The van der Waals surface area contributed by atoms with Crippen LogP contribution in [0, 0.1) is 18.3 Å². The van der Waals surface area contributed by atoms with Crippen molar-refractivity contribution in [2.75, 3.05) is 13.2 Å². The number of rotatable bonds is 8. The molecule has 0 fully saturated rings. The number of benzene rings is 3. The zero-order chi connectivity index (χ0) is 28.9. The highest BCUT2D eigenvalue weighted by molar-refractivity contribution is 6.19. The van der Waals surface area contributed by atoms with Crippen LogP contribution in [0.15, 0.2) is 102 Å². The molecule has 0 N–H and O–H groups in total. The van der Waals surface area contributed by atoms with Gasteiger partial charge in [0.1, 0.15) is 23.1 Å². The molecule has 3 aromatic carbocycles. The molecule has 4 aromatic rings. The van der Waals surface area contributed by atoms with Crippen LogP contribution in [-0.4, -0.2) is 39.6 Å². The summed E-state index contributed by atoms with van der Waals surface area (Å²) >= 11 is 0. The van der Waals surface area contributed by atoms with Crippen molar-refractivity contribution in [3.63, 3.8) is 0 Å². The van der Waals surface area contributed by atoms with Crippen LogP contribution in [0.25, 0.3) is 23.0 Å². The second-order valence-electron chi connectivity index (χ2n) is 9.79. The maximum absolute atomic E-state index is 13.8. The first-order chi connectivity index (χ1) is 19.9. The van der Waals surface area contributed by atoms with Crippen LogP contribution < -0.4 is 4.74 Å². The van der Waals surface area contributed by atoms with E-state index in [9.17, 15) is 14.9 Å². The predicted octanol–water partition coefficient (Wildman–Crippen LogP) is 6.08. The summed E-state index contributed by atoms with van der Waals surface area (Å²) in [7, 11) is 0. The molecule has 0 bridgehead atoms. The molecule has 0 saturated heterocycles. The second-order valence-corrected chi connectivity index (χ2v) is 9.79. The van der Waals surface area contributed by atoms with Crippen molar-refractivity contribution in [2.24, 2.45) is 0 Å². The lowest BCUT2D eigenvalue weighted by Gasteiger charge is -2.27. The molecule has 2 heterocycles. The smallest absolute Gasteiger partial charge is 0.271 e. The summed E-state index contributed by atoms with van der Waals surface area (Å²) in [6.07, 6.45) is 4.10. The van der Waals surface area contributed by atoms with Crippen molar-refractivity contribution < 1.29 is 14.3 Å². The zero-order valence-electron chi connectivity index (χ0n) is 23.3. The van der Waals surface area contributed by atoms with Crippen molar-refractivity contribution in [1.82, 2.24) is 14.7 Å². The maximum atomic E-state index is 13.8. The fourth-order valence-electron chi connectivity index (χ4n) is 4.95. The number of nitrogens with zero attached hydrogens (tertiary/aromatic N) is 4. The molecular formula is C34H30N4O3. The SMILES string of the molecule is CCOc1ccc(-c2nn(-c3ccccc3)cc2/C=C2/C(=O)N(CCc3ccccc3)C(=O)C(C#N)=C2C)c(C)c1. The molecule has 0 radical (unpaired) electrons. The van der Waals surface area contributed by atoms with E-state index in [1.807, 2.05) is 105 Å². The molecule has 5 rings (SSSR count). The van der Waals surface area contributed by atoms with Gasteiger partial charge in [-0.2, -0.15) is 10.4 Å². The Balaban J connectivity index is 1.61. The first-order valence-electron chi connectivity index (χ1n) is 13.5. The van der Waals surface area contributed by atoms with Gasteiger partial charge in [0.25, 0.3) is 11.8 Å². The maximum Gasteiger partial charge on any atom is 0.271 e. The van der Waals surface area contributed by atoms with E-state index in [-0.39, 0.29) is 12.1 Å². The average molecular weight is 543 g/mol. The summed E-state index contributed by atoms with van der Waals surface area (Å²) in [4.78, 5) is 28.1. The molecule has 0 unspecified atom stereocenters.